The molecule has 1 unspecified atom stereocenters. The van der Waals surface area contributed by atoms with Gasteiger partial charge in [0.1, 0.15) is 17.6 Å². The number of rotatable bonds is 5. The van der Waals surface area contributed by atoms with Gasteiger partial charge in [-0.05, 0) is 23.8 Å². The first kappa shape index (κ1) is 17.6. The number of hydrogen-bond donors (Lipinski definition) is 0. The molecule has 1 saturated heterocycles. The third kappa shape index (κ3) is 3.55. The predicted octanol–water partition coefficient (Wildman–Crippen LogP) is 3.12. The first-order chi connectivity index (χ1) is 13.2. The van der Waals surface area contributed by atoms with Gasteiger partial charge in [-0.25, -0.2) is 13.8 Å². The molecule has 0 spiro atoms. The van der Waals surface area contributed by atoms with Gasteiger partial charge < -0.3 is 9.30 Å². The molecule has 1 aromatic carbocycles. The van der Waals surface area contributed by atoms with Gasteiger partial charge in [0.05, 0.1) is 11.3 Å². The van der Waals surface area contributed by atoms with E-state index in [0.29, 0.717) is 43.0 Å². The lowest BCUT2D eigenvalue weighted by Gasteiger charge is -2.37. The van der Waals surface area contributed by atoms with Crippen molar-refractivity contribution in [1.29, 1.82) is 0 Å². The van der Waals surface area contributed by atoms with E-state index in [1.54, 1.807) is 12.4 Å². The number of piperazine rings is 1. The molecular formula is C20H20F2N4O. The lowest BCUT2D eigenvalue weighted by molar-refractivity contribution is 0.112. The van der Waals surface area contributed by atoms with Crippen LogP contribution in [0.5, 0.6) is 0 Å². The third-order valence-electron chi connectivity index (χ3n) is 5.06. The zero-order valence-corrected chi connectivity index (χ0v) is 14.8. The summed E-state index contributed by atoms with van der Waals surface area (Å²) in [5.74, 6) is -0.361. The highest BCUT2D eigenvalue weighted by molar-refractivity contribution is 5.92. The number of alkyl halides is 1. The Balaban J connectivity index is 1.42. The molecule has 3 aromatic rings. The molecule has 0 saturated carbocycles. The summed E-state index contributed by atoms with van der Waals surface area (Å²) >= 11 is 0. The molecular weight excluding hydrogens is 350 g/mol. The van der Waals surface area contributed by atoms with Crippen LogP contribution < -0.4 is 4.90 Å². The van der Waals surface area contributed by atoms with Crippen molar-refractivity contribution < 1.29 is 13.6 Å². The number of fused-ring (bicyclic) bond motifs is 1. The second-order valence-corrected chi connectivity index (χ2v) is 6.70. The Hall–Kier alpha value is -2.80. The third-order valence-corrected chi connectivity index (χ3v) is 5.06. The first-order valence-electron chi connectivity index (χ1n) is 8.93. The van der Waals surface area contributed by atoms with Crippen molar-refractivity contribution in [2.45, 2.75) is 6.17 Å². The smallest absolute Gasteiger partial charge is 0.155 e. The molecule has 0 amide bonds. The number of carbonyl (C=O) groups excluding carboxylic acids is 1. The normalized spacial score (nSPS) is 16.6. The Morgan fingerprint density at radius 2 is 1.81 bits per heavy atom. The molecule has 1 atom stereocenters. The van der Waals surface area contributed by atoms with Crippen LogP contribution in [0, 0.1) is 5.82 Å². The van der Waals surface area contributed by atoms with E-state index in [9.17, 15) is 13.6 Å². The van der Waals surface area contributed by atoms with Gasteiger partial charge in [0, 0.05) is 51.3 Å². The highest BCUT2D eigenvalue weighted by Gasteiger charge is 2.23. The summed E-state index contributed by atoms with van der Waals surface area (Å²) in [6.07, 6.45) is 5.06. The van der Waals surface area contributed by atoms with Crippen molar-refractivity contribution >= 4 is 17.6 Å². The molecule has 7 heteroatoms. The number of pyridine rings is 1. The molecule has 2 aromatic heterocycles. The maximum absolute atomic E-state index is 14.5. The lowest BCUT2D eigenvalue weighted by Crippen LogP contribution is -2.47. The SMILES string of the molecule is O=Cc1c(N2CCN(CC(F)c3ccc(F)cc3)CC2)ccn2ccnc12. The average Bonchev–Trinajstić information content (AvgIpc) is 3.17. The highest BCUT2D eigenvalue weighted by Crippen LogP contribution is 2.25. The molecule has 5 nitrogen and oxygen atoms in total. The molecule has 1 aliphatic heterocycles. The quantitative estimate of drug-likeness (QED) is 0.647. The van der Waals surface area contributed by atoms with Gasteiger partial charge in [-0.1, -0.05) is 12.1 Å². The molecule has 0 radical (unpaired) electrons. The van der Waals surface area contributed by atoms with Crippen LogP contribution in [0.4, 0.5) is 14.5 Å². The standard InChI is InChI=1S/C20H20F2N4O/c21-16-3-1-15(2-4-16)18(22)13-24-9-11-25(12-10-24)19-5-7-26-8-6-23-20(26)17(19)14-27/h1-8,14,18H,9-13H2. The van der Waals surface area contributed by atoms with Gasteiger partial charge in [0.25, 0.3) is 0 Å². The van der Waals surface area contributed by atoms with Gasteiger partial charge in [0.2, 0.25) is 0 Å². The Labute approximate surface area is 155 Å². The van der Waals surface area contributed by atoms with Gasteiger partial charge >= 0.3 is 0 Å². The number of carbonyl (C=O) groups is 1. The molecule has 4 rings (SSSR count). The van der Waals surface area contributed by atoms with Gasteiger partial charge in [-0.15, -0.1) is 0 Å². The zero-order chi connectivity index (χ0) is 18.8. The zero-order valence-electron chi connectivity index (χ0n) is 14.8. The van der Waals surface area contributed by atoms with Crippen molar-refractivity contribution in [1.82, 2.24) is 14.3 Å². The fraction of sp³-hybridized carbons (Fsp3) is 0.300. The van der Waals surface area contributed by atoms with E-state index in [-0.39, 0.29) is 12.4 Å². The van der Waals surface area contributed by atoms with E-state index < -0.39 is 6.17 Å². The van der Waals surface area contributed by atoms with E-state index in [4.69, 9.17) is 0 Å². The second-order valence-electron chi connectivity index (χ2n) is 6.70. The summed E-state index contributed by atoms with van der Waals surface area (Å²) < 4.78 is 29.3. The summed E-state index contributed by atoms with van der Waals surface area (Å²) in [6, 6.07) is 7.47. The maximum Gasteiger partial charge on any atom is 0.155 e. The summed E-state index contributed by atoms with van der Waals surface area (Å²) in [4.78, 5) is 20.1. The van der Waals surface area contributed by atoms with E-state index in [0.717, 1.165) is 12.0 Å². The highest BCUT2D eigenvalue weighted by atomic mass is 19.1. The molecule has 0 N–H and O–H groups in total. The predicted molar refractivity (Wildman–Crippen MR) is 99.5 cm³/mol. The maximum atomic E-state index is 14.5. The van der Waals surface area contributed by atoms with E-state index in [1.807, 2.05) is 16.7 Å². The van der Waals surface area contributed by atoms with E-state index >= 15 is 0 Å². The van der Waals surface area contributed by atoms with Crippen molar-refractivity contribution in [3.05, 3.63) is 65.9 Å². The molecule has 140 valence electrons. The molecule has 0 aliphatic carbocycles. The van der Waals surface area contributed by atoms with Gasteiger partial charge in [-0.3, -0.25) is 9.69 Å². The molecule has 27 heavy (non-hydrogen) atoms. The fourth-order valence-corrected chi connectivity index (χ4v) is 3.56. The minimum atomic E-state index is -1.15. The van der Waals surface area contributed by atoms with Crippen molar-refractivity contribution in [3.63, 3.8) is 0 Å². The summed E-state index contributed by atoms with van der Waals surface area (Å²) in [7, 11) is 0. The average molecular weight is 370 g/mol. The minimum Gasteiger partial charge on any atom is -0.368 e. The van der Waals surface area contributed by atoms with E-state index in [1.165, 1.54) is 24.3 Å². The van der Waals surface area contributed by atoms with Gasteiger partial charge in [-0.2, -0.15) is 0 Å². The monoisotopic (exact) mass is 370 g/mol. The minimum absolute atomic E-state index is 0.277. The number of benzene rings is 1. The number of aromatic nitrogens is 2. The Morgan fingerprint density at radius 1 is 1.07 bits per heavy atom. The number of hydrogen-bond acceptors (Lipinski definition) is 4. The summed E-state index contributed by atoms with van der Waals surface area (Å²) in [6.45, 7) is 3.07. The summed E-state index contributed by atoms with van der Waals surface area (Å²) in [5, 5.41) is 0. The summed E-state index contributed by atoms with van der Waals surface area (Å²) in [5.41, 5.74) is 2.57. The van der Waals surface area contributed by atoms with Crippen LogP contribution in [0.3, 0.4) is 0 Å². The Bertz CT molecular complexity index is 933. The number of nitrogens with zero attached hydrogens (tertiary/aromatic N) is 4. The molecule has 1 aliphatic rings. The van der Waals surface area contributed by atoms with Crippen molar-refractivity contribution in [2.24, 2.45) is 0 Å². The van der Waals surface area contributed by atoms with Crippen molar-refractivity contribution in [2.75, 3.05) is 37.6 Å². The molecule has 3 heterocycles. The number of anilines is 1. The van der Waals surface area contributed by atoms with E-state index in [2.05, 4.69) is 14.8 Å². The second kappa shape index (κ2) is 7.44. The van der Waals surface area contributed by atoms with Gasteiger partial charge in [0.15, 0.2) is 6.29 Å². The Kier molecular flexibility index (Phi) is 4.85. The van der Waals surface area contributed by atoms with Crippen LogP contribution in [-0.4, -0.2) is 53.3 Å². The largest absolute Gasteiger partial charge is 0.368 e. The number of imidazole rings is 1. The van der Waals surface area contributed by atoms with Crippen LogP contribution in [0.25, 0.3) is 5.65 Å². The molecule has 0 bridgehead atoms. The van der Waals surface area contributed by atoms with Crippen LogP contribution in [0.2, 0.25) is 0 Å². The lowest BCUT2D eigenvalue weighted by atomic mass is 10.1. The topological polar surface area (TPSA) is 40.9 Å². The number of aldehydes is 1. The first-order valence-corrected chi connectivity index (χ1v) is 8.93. The number of halogens is 2. The molecule has 1 fully saturated rings. The van der Waals surface area contributed by atoms with Crippen molar-refractivity contribution in [3.8, 4) is 0 Å². The van der Waals surface area contributed by atoms with Crippen LogP contribution >= 0.6 is 0 Å². The fourth-order valence-electron chi connectivity index (χ4n) is 3.56. The van der Waals surface area contributed by atoms with Crippen LogP contribution in [0.15, 0.2) is 48.9 Å². The van der Waals surface area contributed by atoms with Crippen LogP contribution in [-0.2, 0) is 0 Å². The van der Waals surface area contributed by atoms with Crippen LogP contribution in [0.1, 0.15) is 22.1 Å². The Morgan fingerprint density at radius 3 is 2.52 bits per heavy atom.